The maximum Gasteiger partial charge on any atom is 0.219 e. The highest BCUT2D eigenvalue weighted by atomic mass is 32.2. The zero-order valence-corrected chi connectivity index (χ0v) is 21.0. The summed E-state index contributed by atoms with van der Waals surface area (Å²) in [6.45, 7) is 8.34. The van der Waals surface area contributed by atoms with E-state index in [1.807, 2.05) is 24.3 Å². The van der Waals surface area contributed by atoms with Gasteiger partial charge >= 0.3 is 0 Å². The number of carbonyl (C=O) groups is 1. The Morgan fingerprint density at radius 1 is 1.33 bits per heavy atom. The maximum absolute atomic E-state index is 13.6. The van der Waals surface area contributed by atoms with Crippen LogP contribution in [0.4, 0.5) is 5.13 Å². The smallest absolute Gasteiger partial charge is 0.219 e. The first kappa shape index (κ1) is 23.3. The molecule has 1 aliphatic heterocycles. The molecule has 4 rings (SSSR count). The van der Waals surface area contributed by atoms with E-state index in [-0.39, 0.29) is 11.2 Å². The van der Waals surface area contributed by atoms with Crippen molar-refractivity contribution in [2.24, 2.45) is 11.1 Å². The van der Waals surface area contributed by atoms with E-state index in [4.69, 9.17) is 10.5 Å². The number of thioether (sulfide) groups is 1. The second-order valence-corrected chi connectivity index (χ2v) is 12.1. The molecule has 0 amide bonds. The van der Waals surface area contributed by atoms with E-state index in [9.17, 15) is 10.1 Å². The average Bonchev–Trinajstić information content (AvgIpc) is 3.19. The fraction of sp³-hybridized carbons (Fsp3) is 0.417. The van der Waals surface area contributed by atoms with Crippen LogP contribution in [0, 0.1) is 16.7 Å². The second kappa shape index (κ2) is 8.84. The molecule has 0 saturated heterocycles. The van der Waals surface area contributed by atoms with E-state index in [1.54, 1.807) is 23.8 Å². The van der Waals surface area contributed by atoms with Crippen LogP contribution in [0.1, 0.15) is 52.0 Å². The minimum atomic E-state index is -0.544. The van der Waals surface area contributed by atoms with Crippen LogP contribution in [0.15, 0.2) is 51.3 Å². The number of anilines is 1. The lowest BCUT2D eigenvalue weighted by atomic mass is 9.68. The molecule has 0 spiro atoms. The zero-order valence-electron chi connectivity index (χ0n) is 19.4. The number of nitriles is 1. The third-order valence-electron chi connectivity index (χ3n) is 5.73. The van der Waals surface area contributed by atoms with Crippen molar-refractivity contribution in [3.8, 4) is 11.8 Å². The zero-order chi connectivity index (χ0) is 23.9. The minimum absolute atomic E-state index is 0.0283. The largest absolute Gasteiger partial charge is 0.497 e. The molecule has 0 radical (unpaired) electrons. The highest BCUT2D eigenvalue weighted by Gasteiger charge is 2.45. The molecule has 2 aliphatic rings. The van der Waals surface area contributed by atoms with Crippen molar-refractivity contribution < 1.29 is 9.53 Å². The van der Waals surface area contributed by atoms with Gasteiger partial charge in [-0.2, -0.15) is 5.26 Å². The van der Waals surface area contributed by atoms with Crippen molar-refractivity contribution in [2.75, 3.05) is 12.0 Å². The fourth-order valence-corrected chi connectivity index (χ4v) is 6.53. The van der Waals surface area contributed by atoms with Crippen LogP contribution in [-0.2, 0) is 4.79 Å². The summed E-state index contributed by atoms with van der Waals surface area (Å²) in [7, 11) is 1.60. The molecule has 1 aliphatic carbocycles. The van der Waals surface area contributed by atoms with Gasteiger partial charge in [0.2, 0.25) is 5.13 Å². The van der Waals surface area contributed by atoms with E-state index in [0.29, 0.717) is 45.9 Å². The SMILES string of the molecule is COc1cccc(C2C(C#N)=C(N)N(c3nnc(SC(C)C)s3)C3=C2C(=O)CC(C)(C)C3)c1. The van der Waals surface area contributed by atoms with E-state index in [1.165, 1.54) is 11.3 Å². The molecular weight excluding hydrogens is 454 g/mol. The summed E-state index contributed by atoms with van der Waals surface area (Å²) in [5, 5.41) is 19.8. The van der Waals surface area contributed by atoms with Crippen molar-refractivity contribution in [1.29, 1.82) is 5.26 Å². The van der Waals surface area contributed by atoms with Gasteiger partial charge in [0, 0.05) is 22.9 Å². The van der Waals surface area contributed by atoms with Gasteiger partial charge in [-0.05, 0) is 29.5 Å². The number of nitrogens with two attached hydrogens (primary N) is 1. The van der Waals surface area contributed by atoms with Gasteiger partial charge < -0.3 is 10.5 Å². The molecule has 7 nitrogen and oxygen atoms in total. The molecule has 0 saturated carbocycles. The van der Waals surface area contributed by atoms with E-state index < -0.39 is 5.92 Å². The van der Waals surface area contributed by atoms with Crippen LogP contribution in [0.25, 0.3) is 0 Å². The van der Waals surface area contributed by atoms with Crippen LogP contribution in [0.3, 0.4) is 0 Å². The molecule has 9 heteroatoms. The Bertz CT molecular complexity index is 1210. The van der Waals surface area contributed by atoms with Crippen LogP contribution in [-0.4, -0.2) is 28.3 Å². The molecule has 172 valence electrons. The van der Waals surface area contributed by atoms with E-state index >= 15 is 0 Å². The minimum Gasteiger partial charge on any atom is -0.497 e. The predicted molar refractivity (Wildman–Crippen MR) is 131 cm³/mol. The summed E-state index contributed by atoms with van der Waals surface area (Å²) in [6, 6.07) is 9.77. The first-order valence-electron chi connectivity index (χ1n) is 10.8. The Hall–Kier alpha value is -2.83. The van der Waals surface area contributed by atoms with Crippen molar-refractivity contribution in [2.45, 2.75) is 56.0 Å². The summed E-state index contributed by atoms with van der Waals surface area (Å²) in [5.74, 6) is 0.445. The highest BCUT2D eigenvalue weighted by molar-refractivity contribution is 8.01. The number of aromatic nitrogens is 2. The fourth-order valence-electron chi connectivity index (χ4n) is 4.42. The first-order valence-corrected chi connectivity index (χ1v) is 12.4. The van der Waals surface area contributed by atoms with Crippen molar-refractivity contribution in [1.82, 2.24) is 10.2 Å². The molecule has 1 atom stereocenters. The Kier molecular flexibility index (Phi) is 6.25. The Morgan fingerprint density at radius 2 is 2.09 bits per heavy atom. The number of ketones is 1. The van der Waals surface area contributed by atoms with Gasteiger partial charge in [-0.3, -0.25) is 9.69 Å². The number of methoxy groups -OCH3 is 1. The lowest BCUT2D eigenvalue weighted by Gasteiger charge is -2.42. The van der Waals surface area contributed by atoms with Gasteiger partial charge in [0.25, 0.3) is 0 Å². The molecule has 2 heterocycles. The third kappa shape index (κ3) is 4.37. The molecule has 2 aromatic rings. The average molecular weight is 482 g/mol. The molecule has 0 bridgehead atoms. The molecule has 33 heavy (non-hydrogen) atoms. The standard InChI is InChI=1S/C24H27N5O2S2/c1-13(2)32-23-28-27-22(33-23)29-17-10-24(3,4)11-18(30)20(17)19(16(12-25)21(29)26)14-7-6-8-15(9-14)31-5/h6-9,13,19H,10-11,26H2,1-5H3. The van der Waals surface area contributed by atoms with Crippen molar-refractivity contribution in [3.63, 3.8) is 0 Å². The van der Waals surface area contributed by atoms with E-state index in [0.717, 1.165) is 15.6 Å². The third-order valence-corrected chi connectivity index (χ3v) is 7.73. The number of Topliss-reactive ketones (excluding diaryl/α,β-unsaturated/α-hetero) is 1. The second-order valence-electron chi connectivity index (χ2n) is 9.27. The summed E-state index contributed by atoms with van der Waals surface area (Å²) < 4.78 is 6.23. The molecule has 0 fully saturated rings. The molecule has 2 N–H and O–H groups in total. The molecule has 1 unspecified atom stereocenters. The van der Waals surface area contributed by atoms with Crippen LogP contribution in [0.5, 0.6) is 5.75 Å². The van der Waals surface area contributed by atoms with Gasteiger partial charge in [-0.25, -0.2) is 0 Å². The number of benzene rings is 1. The molecule has 1 aromatic heterocycles. The van der Waals surface area contributed by atoms with Crippen LogP contribution in [0.2, 0.25) is 0 Å². The quantitative estimate of drug-likeness (QED) is 0.596. The first-order chi connectivity index (χ1) is 15.6. The van der Waals surface area contributed by atoms with Crippen molar-refractivity contribution >= 4 is 34.0 Å². The lowest BCUT2D eigenvalue weighted by Crippen LogP contribution is -2.42. The van der Waals surface area contributed by atoms with E-state index in [2.05, 4.69) is 44.0 Å². The molecule has 1 aromatic carbocycles. The summed E-state index contributed by atoms with van der Waals surface area (Å²) >= 11 is 3.04. The Morgan fingerprint density at radius 3 is 2.76 bits per heavy atom. The summed E-state index contributed by atoms with van der Waals surface area (Å²) in [5.41, 5.74) is 8.98. The maximum atomic E-state index is 13.6. The lowest BCUT2D eigenvalue weighted by molar-refractivity contribution is -0.118. The summed E-state index contributed by atoms with van der Waals surface area (Å²) in [4.78, 5) is 15.3. The number of hydrogen-bond donors (Lipinski definition) is 1. The predicted octanol–water partition coefficient (Wildman–Crippen LogP) is 4.99. The number of nitrogens with zero attached hydrogens (tertiary/aromatic N) is 4. The Labute approximate surface area is 202 Å². The van der Waals surface area contributed by atoms with Crippen molar-refractivity contribution in [3.05, 3.63) is 52.5 Å². The summed E-state index contributed by atoms with van der Waals surface area (Å²) in [6.07, 6.45) is 1.05. The van der Waals surface area contributed by atoms with Gasteiger partial charge in [0.05, 0.1) is 24.7 Å². The number of carbonyl (C=O) groups excluding carboxylic acids is 1. The normalized spacial score (nSPS) is 20.2. The number of allylic oxidation sites excluding steroid dienone is 3. The molecular formula is C24H27N5O2S2. The van der Waals surface area contributed by atoms with Gasteiger partial charge in [-0.15, -0.1) is 10.2 Å². The monoisotopic (exact) mass is 481 g/mol. The van der Waals surface area contributed by atoms with Gasteiger partial charge in [0.1, 0.15) is 11.6 Å². The number of hydrogen-bond acceptors (Lipinski definition) is 9. The van der Waals surface area contributed by atoms with Crippen LogP contribution < -0.4 is 15.4 Å². The highest BCUT2D eigenvalue weighted by Crippen LogP contribution is 2.51. The topological polar surface area (TPSA) is 105 Å². The van der Waals surface area contributed by atoms with Gasteiger partial charge in [-0.1, -0.05) is 62.9 Å². The van der Waals surface area contributed by atoms with Gasteiger partial charge in [0.15, 0.2) is 10.1 Å². The van der Waals surface area contributed by atoms with Crippen LogP contribution >= 0.6 is 23.1 Å². The Balaban J connectivity index is 1.93. The number of ether oxygens (including phenoxy) is 1. The number of rotatable bonds is 5.